The fourth-order valence-electron chi connectivity index (χ4n) is 3.00. The SMILES string of the molecule is Cc1nccc([C@H]2CCCN(c3nc(C)nc(C)c3F)C2)n1. The van der Waals surface area contributed by atoms with Gasteiger partial charge < -0.3 is 4.90 Å². The molecule has 116 valence electrons. The number of halogens is 1. The van der Waals surface area contributed by atoms with Gasteiger partial charge in [-0.15, -0.1) is 0 Å². The predicted octanol–water partition coefficient (Wildman–Crippen LogP) is 2.71. The van der Waals surface area contributed by atoms with E-state index in [9.17, 15) is 4.39 Å². The van der Waals surface area contributed by atoms with Gasteiger partial charge in [0.2, 0.25) is 0 Å². The zero-order chi connectivity index (χ0) is 15.7. The van der Waals surface area contributed by atoms with E-state index in [0.29, 0.717) is 17.3 Å². The average Bonchev–Trinajstić information content (AvgIpc) is 2.51. The molecule has 1 atom stereocenters. The highest BCUT2D eigenvalue weighted by Gasteiger charge is 2.26. The third-order valence-corrected chi connectivity index (χ3v) is 4.05. The van der Waals surface area contributed by atoms with Crippen LogP contribution in [0.15, 0.2) is 12.3 Å². The molecule has 6 heteroatoms. The molecule has 1 aliphatic heterocycles. The molecule has 0 radical (unpaired) electrons. The van der Waals surface area contributed by atoms with Gasteiger partial charge in [-0.05, 0) is 39.7 Å². The number of nitrogens with zero attached hydrogens (tertiary/aromatic N) is 5. The summed E-state index contributed by atoms with van der Waals surface area (Å²) < 4.78 is 14.4. The van der Waals surface area contributed by atoms with Gasteiger partial charge in [-0.25, -0.2) is 24.3 Å². The first kappa shape index (κ1) is 14.8. The lowest BCUT2D eigenvalue weighted by Gasteiger charge is -2.33. The number of aromatic nitrogens is 4. The van der Waals surface area contributed by atoms with Crippen LogP contribution in [0, 0.1) is 26.6 Å². The van der Waals surface area contributed by atoms with Gasteiger partial charge in [0.15, 0.2) is 11.6 Å². The standard InChI is InChI=1S/C16H20FN5/c1-10-15(17)16(21-12(3)19-10)22-8-4-5-13(9-22)14-6-7-18-11(2)20-14/h6-7,13H,4-5,8-9H2,1-3H3/t13-/m0/s1. The van der Waals surface area contributed by atoms with Crippen molar-refractivity contribution in [3.8, 4) is 0 Å². The second-order valence-electron chi connectivity index (χ2n) is 5.81. The van der Waals surface area contributed by atoms with E-state index in [1.807, 2.05) is 17.9 Å². The Morgan fingerprint density at radius 1 is 1.14 bits per heavy atom. The van der Waals surface area contributed by atoms with E-state index in [-0.39, 0.29) is 11.7 Å². The van der Waals surface area contributed by atoms with Gasteiger partial charge in [-0.1, -0.05) is 0 Å². The highest BCUT2D eigenvalue weighted by atomic mass is 19.1. The molecular formula is C16H20FN5. The minimum absolute atomic E-state index is 0.283. The normalized spacial score (nSPS) is 18.5. The van der Waals surface area contributed by atoms with E-state index in [0.717, 1.165) is 37.4 Å². The lowest BCUT2D eigenvalue weighted by atomic mass is 9.94. The highest BCUT2D eigenvalue weighted by molar-refractivity contribution is 5.43. The summed E-state index contributed by atoms with van der Waals surface area (Å²) in [5.74, 6) is 1.76. The largest absolute Gasteiger partial charge is 0.353 e. The van der Waals surface area contributed by atoms with Crippen LogP contribution in [0.3, 0.4) is 0 Å². The molecular weight excluding hydrogens is 281 g/mol. The molecule has 0 bridgehead atoms. The first-order valence-corrected chi connectivity index (χ1v) is 7.60. The minimum Gasteiger partial charge on any atom is -0.353 e. The smallest absolute Gasteiger partial charge is 0.186 e. The number of anilines is 1. The van der Waals surface area contributed by atoms with E-state index in [4.69, 9.17) is 0 Å². The highest BCUT2D eigenvalue weighted by Crippen LogP contribution is 2.29. The van der Waals surface area contributed by atoms with Gasteiger partial charge >= 0.3 is 0 Å². The number of rotatable bonds is 2. The van der Waals surface area contributed by atoms with Crippen LogP contribution in [0.25, 0.3) is 0 Å². The van der Waals surface area contributed by atoms with E-state index in [1.54, 1.807) is 20.0 Å². The third-order valence-electron chi connectivity index (χ3n) is 4.05. The van der Waals surface area contributed by atoms with Crippen molar-refractivity contribution in [3.63, 3.8) is 0 Å². The minimum atomic E-state index is -0.315. The Bertz CT molecular complexity index is 688. The fraction of sp³-hybridized carbons (Fsp3) is 0.500. The van der Waals surface area contributed by atoms with E-state index in [1.165, 1.54) is 0 Å². The molecule has 1 fully saturated rings. The van der Waals surface area contributed by atoms with Crippen molar-refractivity contribution in [2.24, 2.45) is 0 Å². The van der Waals surface area contributed by atoms with Crippen LogP contribution in [0.1, 0.15) is 41.8 Å². The maximum atomic E-state index is 14.4. The first-order valence-electron chi connectivity index (χ1n) is 7.60. The lowest BCUT2D eigenvalue weighted by Crippen LogP contribution is -2.36. The van der Waals surface area contributed by atoms with Crippen molar-refractivity contribution in [2.75, 3.05) is 18.0 Å². The molecule has 0 aliphatic carbocycles. The molecule has 1 saturated heterocycles. The Morgan fingerprint density at radius 3 is 2.73 bits per heavy atom. The van der Waals surface area contributed by atoms with Crippen molar-refractivity contribution in [2.45, 2.75) is 39.5 Å². The Balaban J connectivity index is 1.87. The zero-order valence-electron chi connectivity index (χ0n) is 13.2. The van der Waals surface area contributed by atoms with Crippen molar-refractivity contribution in [1.29, 1.82) is 0 Å². The average molecular weight is 301 g/mol. The number of aryl methyl sites for hydroxylation is 3. The molecule has 0 aromatic carbocycles. The summed E-state index contributed by atoms with van der Waals surface area (Å²) in [6, 6.07) is 1.95. The summed E-state index contributed by atoms with van der Waals surface area (Å²) in [6.45, 7) is 6.91. The molecule has 0 spiro atoms. The molecule has 0 unspecified atom stereocenters. The Hall–Kier alpha value is -2.11. The van der Waals surface area contributed by atoms with Crippen LogP contribution in [0.4, 0.5) is 10.2 Å². The van der Waals surface area contributed by atoms with Crippen LogP contribution >= 0.6 is 0 Å². The molecule has 22 heavy (non-hydrogen) atoms. The Morgan fingerprint density at radius 2 is 1.95 bits per heavy atom. The van der Waals surface area contributed by atoms with Crippen molar-refractivity contribution < 1.29 is 4.39 Å². The van der Waals surface area contributed by atoms with Crippen LogP contribution in [0.5, 0.6) is 0 Å². The maximum absolute atomic E-state index is 14.4. The van der Waals surface area contributed by atoms with Crippen molar-refractivity contribution >= 4 is 5.82 Å². The van der Waals surface area contributed by atoms with Gasteiger partial charge in [0, 0.05) is 30.9 Å². The second kappa shape index (κ2) is 5.94. The lowest BCUT2D eigenvalue weighted by molar-refractivity contribution is 0.485. The van der Waals surface area contributed by atoms with E-state index < -0.39 is 0 Å². The second-order valence-corrected chi connectivity index (χ2v) is 5.81. The van der Waals surface area contributed by atoms with Gasteiger partial charge in [-0.2, -0.15) is 0 Å². The Kier molecular flexibility index (Phi) is 4.00. The summed E-state index contributed by atoms with van der Waals surface area (Å²) in [6.07, 6.45) is 3.84. The van der Waals surface area contributed by atoms with E-state index in [2.05, 4.69) is 19.9 Å². The maximum Gasteiger partial charge on any atom is 0.186 e. The van der Waals surface area contributed by atoms with E-state index >= 15 is 0 Å². The van der Waals surface area contributed by atoms with Crippen LogP contribution < -0.4 is 4.90 Å². The van der Waals surface area contributed by atoms with Gasteiger partial charge in [-0.3, -0.25) is 0 Å². The van der Waals surface area contributed by atoms with Crippen molar-refractivity contribution in [3.05, 3.63) is 41.1 Å². The van der Waals surface area contributed by atoms with Crippen LogP contribution in [-0.4, -0.2) is 33.0 Å². The van der Waals surface area contributed by atoms with Gasteiger partial charge in [0.05, 0.1) is 5.69 Å². The van der Waals surface area contributed by atoms with Gasteiger partial charge in [0.25, 0.3) is 0 Å². The fourth-order valence-corrected chi connectivity index (χ4v) is 3.00. The number of piperidine rings is 1. The van der Waals surface area contributed by atoms with Crippen LogP contribution in [-0.2, 0) is 0 Å². The molecule has 0 N–H and O–H groups in total. The monoisotopic (exact) mass is 301 g/mol. The quantitative estimate of drug-likeness (QED) is 0.853. The molecule has 3 rings (SSSR count). The molecule has 2 aromatic heterocycles. The Labute approximate surface area is 129 Å². The summed E-state index contributed by atoms with van der Waals surface area (Å²) in [4.78, 5) is 19.1. The summed E-state index contributed by atoms with van der Waals surface area (Å²) >= 11 is 0. The summed E-state index contributed by atoms with van der Waals surface area (Å²) in [5, 5.41) is 0. The van der Waals surface area contributed by atoms with Gasteiger partial charge in [0.1, 0.15) is 11.6 Å². The molecule has 3 heterocycles. The molecule has 2 aromatic rings. The van der Waals surface area contributed by atoms with Crippen LogP contribution in [0.2, 0.25) is 0 Å². The third kappa shape index (κ3) is 2.91. The summed E-state index contributed by atoms with van der Waals surface area (Å²) in [7, 11) is 0. The summed E-state index contributed by atoms with van der Waals surface area (Å²) in [5.41, 5.74) is 1.43. The molecule has 0 saturated carbocycles. The number of hydrogen-bond acceptors (Lipinski definition) is 5. The zero-order valence-corrected chi connectivity index (χ0v) is 13.2. The first-order chi connectivity index (χ1) is 10.5. The molecule has 1 aliphatic rings. The predicted molar refractivity (Wildman–Crippen MR) is 82.4 cm³/mol. The van der Waals surface area contributed by atoms with Crippen molar-refractivity contribution in [1.82, 2.24) is 19.9 Å². The molecule has 0 amide bonds. The molecule has 5 nitrogen and oxygen atoms in total. The topological polar surface area (TPSA) is 54.8 Å². The number of hydrogen-bond donors (Lipinski definition) is 0.